The topological polar surface area (TPSA) is 74.9 Å². The van der Waals surface area contributed by atoms with Gasteiger partial charge in [-0.15, -0.1) is 0 Å². The lowest BCUT2D eigenvalue weighted by Crippen LogP contribution is -1.89. The van der Waals surface area contributed by atoms with E-state index in [0.29, 0.717) is 11.6 Å². The summed E-state index contributed by atoms with van der Waals surface area (Å²) in [4.78, 5) is 0. The van der Waals surface area contributed by atoms with Gasteiger partial charge in [0.1, 0.15) is 5.75 Å². The maximum Gasteiger partial charge on any atom is 0.153 e. The number of benzene rings is 2. The molecule has 4 N–H and O–H groups in total. The number of nitrogens with one attached hydrogen (secondary N) is 1. The molecule has 0 spiro atoms. The van der Waals surface area contributed by atoms with Crippen LogP contribution in [0.1, 0.15) is 25.3 Å². The Bertz CT molecular complexity index is 774. The number of nitrogens with two attached hydrogens (primary N) is 1. The molecular formula is C16H17N3O. The molecule has 2 aromatic carbocycles. The molecule has 4 nitrogen and oxygen atoms in total. The van der Waals surface area contributed by atoms with Crippen molar-refractivity contribution in [3.05, 3.63) is 42.0 Å². The largest absolute Gasteiger partial charge is 0.508 e. The van der Waals surface area contributed by atoms with Crippen molar-refractivity contribution in [3.63, 3.8) is 0 Å². The van der Waals surface area contributed by atoms with Crippen molar-refractivity contribution in [2.24, 2.45) is 0 Å². The predicted octanol–water partition coefficient (Wildman–Crippen LogP) is 3.64. The Kier molecular flexibility index (Phi) is 2.86. The van der Waals surface area contributed by atoms with Gasteiger partial charge in [0.05, 0.1) is 5.52 Å². The highest BCUT2D eigenvalue weighted by molar-refractivity contribution is 5.91. The van der Waals surface area contributed by atoms with Crippen LogP contribution in [0.2, 0.25) is 0 Å². The van der Waals surface area contributed by atoms with Gasteiger partial charge >= 0.3 is 0 Å². The second kappa shape index (κ2) is 4.56. The number of hydrogen-bond donors (Lipinski definition) is 3. The summed E-state index contributed by atoms with van der Waals surface area (Å²) in [5, 5.41) is 17.7. The summed E-state index contributed by atoms with van der Waals surface area (Å²) < 4.78 is 0. The zero-order valence-electron chi connectivity index (χ0n) is 11.5. The third kappa shape index (κ3) is 1.99. The van der Waals surface area contributed by atoms with Crippen LogP contribution in [0, 0.1) is 0 Å². The van der Waals surface area contributed by atoms with Crippen molar-refractivity contribution in [2.75, 3.05) is 5.73 Å². The average Bonchev–Trinajstić information content (AvgIpc) is 2.80. The Morgan fingerprint density at radius 2 is 1.80 bits per heavy atom. The van der Waals surface area contributed by atoms with Crippen molar-refractivity contribution in [1.82, 2.24) is 10.2 Å². The number of aromatic nitrogens is 2. The molecule has 0 bridgehead atoms. The van der Waals surface area contributed by atoms with Gasteiger partial charge in [-0.2, -0.15) is 5.10 Å². The van der Waals surface area contributed by atoms with Gasteiger partial charge in [0, 0.05) is 5.39 Å². The number of nitrogens with zero attached hydrogens (tertiary/aromatic N) is 1. The first-order valence-electron chi connectivity index (χ1n) is 6.63. The second-order valence-electron chi connectivity index (χ2n) is 5.30. The summed E-state index contributed by atoms with van der Waals surface area (Å²) in [7, 11) is 0. The van der Waals surface area contributed by atoms with Crippen LogP contribution in [0.3, 0.4) is 0 Å². The Morgan fingerprint density at radius 1 is 1.10 bits per heavy atom. The molecule has 1 heterocycles. The summed E-state index contributed by atoms with van der Waals surface area (Å²) >= 11 is 0. The molecule has 0 unspecified atom stereocenters. The van der Waals surface area contributed by atoms with Crippen molar-refractivity contribution < 1.29 is 5.11 Å². The highest BCUT2D eigenvalue weighted by atomic mass is 16.3. The molecule has 4 heteroatoms. The maximum absolute atomic E-state index is 9.89. The number of anilines is 1. The number of aromatic hydroxyl groups is 1. The molecule has 3 rings (SSSR count). The lowest BCUT2D eigenvalue weighted by atomic mass is 9.96. The first kappa shape index (κ1) is 12.5. The Morgan fingerprint density at radius 3 is 2.55 bits per heavy atom. The minimum absolute atomic E-state index is 0.279. The Hall–Kier alpha value is -2.49. The number of fused-ring (bicyclic) bond motifs is 1. The zero-order chi connectivity index (χ0) is 14.3. The van der Waals surface area contributed by atoms with Crippen molar-refractivity contribution in [1.29, 1.82) is 0 Å². The van der Waals surface area contributed by atoms with E-state index < -0.39 is 0 Å². The van der Waals surface area contributed by atoms with Crippen LogP contribution in [0.25, 0.3) is 22.0 Å². The second-order valence-corrected chi connectivity index (χ2v) is 5.30. The van der Waals surface area contributed by atoms with E-state index >= 15 is 0 Å². The third-order valence-corrected chi connectivity index (χ3v) is 3.58. The molecule has 0 amide bonds. The van der Waals surface area contributed by atoms with Gasteiger partial charge in [-0.3, -0.25) is 5.10 Å². The fraction of sp³-hybridized carbons (Fsp3) is 0.188. The normalized spacial score (nSPS) is 11.3. The van der Waals surface area contributed by atoms with Crippen LogP contribution < -0.4 is 5.73 Å². The molecule has 102 valence electrons. The lowest BCUT2D eigenvalue weighted by Gasteiger charge is -2.11. The number of hydrogen-bond acceptors (Lipinski definition) is 3. The first-order chi connectivity index (χ1) is 9.56. The number of aromatic amines is 1. The highest BCUT2D eigenvalue weighted by Crippen LogP contribution is 2.32. The molecule has 0 fully saturated rings. The van der Waals surface area contributed by atoms with E-state index in [1.54, 1.807) is 6.07 Å². The van der Waals surface area contributed by atoms with Gasteiger partial charge in [-0.25, -0.2) is 0 Å². The molecular weight excluding hydrogens is 250 g/mol. The van der Waals surface area contributed by atoms with Gasteiger partial charge in [0.15, 0.2) is 5.82 Å². The fourth-order valence-electron chi connectivity index (χ4n) is 2.42. The van der Waals surface area contributed by atoms with E-state index in [-0.39, 0.29) is 5.92 Å². The van der Waals surface area contributed by atoms with Crippen molar-refractivity contribution in [3.8, 4) is 16.9 Å². The molecule has 1 aromatic heterocycles. The third-order valence-electron chi connectivity index (χ3n) is 3.58. The van der Waals surface area contributed by atoms with E-state index in [1.807, 2.05) is 30.3 Å². The number of nitrogen functional groups attached to an aromatic ring is 1. The number of phenols is 1. The lowest BCUT2D eigenvalue weighted by molar-refractivity contribution is 0.465. The first-order valence-corrected chi connectivity index (χ1v) is 6.63. The number of phenolic OH excluding ortho intramolecular Hbond substituents is 1. The van der Waals surface area contributed by atoms with Gasteiger partial charge < -0.3 is 10.8 Å². The van der Waals surface area contributed by atoms with Crippen molar-refractivity contribution >= 4 is 16.7 Å². The molecule has 0 radical (unpaired) electrons. The summed E-state index contributed by atoms with van der Waals surface area (Å²) in [6.45, 7) is 4.13. The zero-order valence-corrected chi connectivity index (χ0v) is 11.5. The van der Waals surface area contributed by atoms with E-state index in [1.165, 1.54) is 0 Å². The smallest absolute Gasteiger partial charge is 0.153 e. The van der Waals surface area contributed by atoms with Crippen LogP contribution in [0.5, 0.6) is 5.75 Å². The van der Waals surface area contributed by atoms with Gasteiger partial charge in [-0.1, -0.05) is 26.0 Å². The Labute approximate surface area is 117 Å². The molecule has 3 aromatic rings. The highest BCUT2D eigenvalue weighted by Gasteiger charge is 2.09. The summed E-state index contributed by atoms with van der Waals surface area (Å²) in [6.07, 6.45) is 0. The molecule has 0 aliphatic rings. The fourth-order valence-corrected chi connectivity index (χ4v) is 2.42. The Balaban J connectivity index is 2.12. The predicted molar refractivity (Wildman–Crippen MR) is 81.7 cm³/mol. The van der Waals surface area contributed by atoms with Gasteiger partial charge in [-0.05, 0) is 46.9 Å². The minimum atomic E-state index is 0.279. The van der Waals surface area contributed by atoms with E-state index in [9.17, 15) is 5.11 Å². The van der Waals surface area contributed by atoms with Crippen LogP contribution in [0.4, 0.5) is 5.82 Å². The molecule has 0 saturated heterocycles. The number of rotatable bonds is 2. The van der Waals surface area contributed by atoms with E-state index in [2.05, 4.69) is 24.0 Å². The van der Waals surface area contributed by atoms with Gasteiger partial charge in [0.25, 0.3) is 0 Å². The summed E-state index contributed by atoms with van der Waals surface area (Å²) in [5.41, 5.74) is 9.78. The van der Waals surface area contributed by atoms with Crippen LogP contribution in [-0.2, 0) is 0 Å². The van der Waals surface area contributed by atoms with E-state index in [0.717, 1.165) is 27.6 Å². The monoisotopic (exact) mass is 267 g/mol. The molecule has 20 heavy (non-hydrogen) atoms. The van der Waals surface area contributed by atoms with Gasteiger partial charge in [0.2, 0.25) is 0 Å². The van der Waals surface area contributed by atoms with Crippen LogP contribution in [0.15, 0.2) is 36.4 Å². The quantitative estimate of drug-likeness (QED) is 0.663. The SMILES string of the molecule is CC(C)c1cc(-c2ccc3c(N)n[nH]c3c2)ccc1O. The molecule has 0 atom stereocenters. The summed E-state index contributed by atoms with van der Waals surface area (Å²) in [6, 6.07) is 11.7. The summed E-state index contributed by atoms with van der Waals surface area (Å²) in [5.74, 6) is 1.14. The average molecular weight is 267 g/mol. The minimum Gasteiger partial charge on any atom is -0.508 e. The van der Waals surface area contributed by atoms with Crippen LogP contribution in [-0.4, -0.2) is 15.3 Å². The van der Waals surface area contributed by atoms with E-state index in [4.69, 9.17) is 5.73 Å². The number of H-pyrrole nitrogens is 1. The molecule has 0 aliphatic heterocycles. The maximum atomic E-state index is 9.89. The van der Waals surface area contributed by atoms with Crippen LogP contribution >= 0.6 is 0 Å². The molecule has 0 aliphatic carbocycles. The molecule has 0 saturated carbocycles. The van der Waals surface area contributed by atoms with Crippen molar-refractivity contribution in [2.45, 2.75) is 19.8 Å². The standard InChI is InChI=1S/C16H17N3O/c1-9(2)13-7-10(4-6-15(13)20)11-3-5-12-14(8-11)18-19-16(12)17/h3-9,20H,1-2H3,(H3,17,18,19).